The third-order valence-corrected chi connectivity index (χ3v) is 12.9. The minimum Gasteiger partial charge on any atom is -0.374 e. The first-order valence-electron chi connectivity index (χ1n) is 25.2. The molecule has 0 bridgehead atoms. The van der Waals surface area contributed by atoms with Crippen molar-refractivity contribution in [3.8, 4) is 11.8 Å². The summed E-state index contributed by atoms with van der Waals surface area (Å²) in [7, 11) is 1.56. The van der Waals surface area contributed by atoms with E-state index in [0.29, 0.717) is 0 Å². The molecule has 0 radical (unpaired) electrons. The molecular formula is C63H64O11. The summed E-state index contributed by atoms with van der Waals surface area (Å²) in [4.78, 5) is 0. The van der Waals surface area contributed by atoms with E-state index >= 15 is 0 Å². The number of benzene rings is 7. The van der Waals surface area contributed by atoms with E-state index in [2.05, 4.69) is 11.8 Å². The topological polar surface area (TPSA) is 113 Å². The molecule has 2 aliphatic heterocycles. The van der Waals surface area contributed by atoms with Crippen molar-refractivity contribution >= 4 is 0 Å². The number of rotatable bonds is 23. The standard InChI is InChI=1S/C63H64O11/c1-65-62-60(71-44-52-33-19-7-20-34-52)58(69-42-50-29-15-5-16-30-50)56(67-40-48-25-11-3-12-26-48)54(73-62)37-38-63(64)61(72-45-53-35-21-8-22-36-53)59(70-43-51-31-17-6-18-32-51)57(68-41-49-27-13-4-14-28-49)55(74-63)46-66-39-47-23-9-2-10-24-47/h2-36,54-62,64H,39-46H2,1H3/t54-,55-,56+,57+,58+,59+,60-,61-,62-,63?/m1/s1. The molecule has 0 amide bonds. The van der Waals surface area contributed by atoms with E-state index in [0.717, 1.165) is 38.9 Å². The molecule has 10 atom stereocenters. The maximum atomic E-state index is 13.4. The zero-order chi connectivity index (χ0) is 50.6. The Labute approximate surface area is 434 Å². The van der Waals surface area contributed by atoms with Crippen LogP contribution in [0.4, 0.5) is 0 Å². The van der Waals surface area contributed by atoms with Gasteiger partial charge in [-0.1, -0.05) is 218 Å². The number of hydrogen-bond acceptors (Lipinski definition) is 11. The lowest BCUT2D eigenvalue weighted by atomic mass is 9.91. The highest BCUT2D eigenvalue weighted by atomic mass is 16.7. The normalized spacial score (nSPS) is 24.6. The highest BCUT2D eigenvalue weighted by molar-refractivity contribution is 5.25. The Kier molecular flexibility index (Phi) is 19.4. The van der Waals surface area contributed by atoms with E-state index < -0.39 is 60.9 Å². The van der Waals surface area contributed by atoms with Crippen molar-refractivity contribution < 1.29 is 52.5 Å². The van der Waals surface area contributed by atoms with Gasteiger partial charge >= 0.3 is 0 Å². The average Bonchev–Trinajstić information content (AvgIpc) is 3.46. The molecule has 0 aromatic heterocycles. The molecule has 9 rings (SSSR count). The molecule has 7 aromatic carbocycles. The Morgan fingerprint density at radius 1 is 0.405 bits per heavy atom. The van der Waals surface area contributed by atoms with Gasteiger partial charge in [-0.3, -0.25) is 0 Å². The zero-order valence-corrected chi connectivity index (χ0v) is 41.6. The fourth-order valence-corrected chi connectivity index (χ4v) is 9.09. The Morgan fingerprint density at radius 3 is 1.15 bits per heavy atom. The van der Waals surface area contributed by atoms with Crippen LogP contribution in [0.1, 0.15) is 38.9 Å². The average molecular weight is 997 g/mol. The predicted molar refractivity (Wildman–Crippen MR) is 279 cm³/mol. The van der Waals surface area contributed by atoms with Gasteiger partial charge in [-0.15, -0.1) is 0 Å². The maximum absolute atomic E-state index is 13.4. The van der Waals surface area contributed by atoms with Gasteiger partial charge < -0.3 is 52.5 Å². The quantitative estimate of drug-likeness (QED) is 0.0619. The predicted octanol–water partition coefficient (Wildman–Crippen LogP) is 10.2. The van der Waals surface area contributed by atoms with Crippen LogP contribution in [-0.2, 0) is 93.6 Å². The third kappa shape index (κ3) is 14.7. The molecule has 7 aromatic rings. The molecule has 2 aliphatic rings. The lowest BCUT2D eigenvalue weighted by Crippen LogP contribution is -2.67. The summed E-state index contributed by atoms with van der Waals surface area (Å²) in [5.74, 6) is 4.12. The molecule has 1 N–H and O–H groups in total. The monoisotopic (exact) mass is 996 g/mol. The summed E-state index contributed by atoms with van der Waals surface area (Å²) in [6.07, 6.45) is -8.42. The lowest BCUT2D eigenvalue weighted by Gasteiger charge is -2.48. The van der Waals surface area contributed by atoms with Gasteiger partial charge in [-0.05, 0) is 44.9 Å². The lowest BCUT2D eigenvalue weighted by molar-refractivity contribution is -0.348. The molecule has 11 heteroatoms. The van der Waals surface area contributed by atoms with Crippen molar-refractivity contribution in [1.29, 1.82) is 0 Å². The number of hydrogen-bond donors (Lipinski definition) is 1. The van der Waals surface area contributed by atoms with E-state index in [4.69, 9.17) is 47.4 Å². The minimum atomic E-state index is -2.35. The van der Waals surface area contributed by atoms with Gasteiger partial charge in [0.2, 0.25) is 0 Å². The van der Waals surface area contributed by atoms with Crippen molar-refractivity contribution in [1.82, 2.24) is 0 Å². The van der Waals surface area contributed by atoms with E-state index in [-0.39, 0.29) is 52.9 Å². The molecule has 74 heavy (non-hydrogen) atoms. The summed E-state index contributed by atoms with van der Waals surface area (Å²) < 4.78 is 67.3. The second-order valence-corrected chi connectivity index (χ2v) is 18.3. The van der Waals surface area contributed by atoms with E-state index in [9.17, 15) is 5.11 Å². The molecular weight excluding hydrogens is 933 g/mol. The summed E-state index contributed by atoms with van der Waals surface area (Å²) in [6, 6.07) is 69.0. The zero-order valence-electron chi connectivity index (χ0n) is 41.6. The molecule has 2 fully saturated rings. The Balaban J connectivity index is 1.11. The van der Waals surface area contributed by atoms with Crippen LogP contribution in [0.15, 0.2) is 212 Å². The van der Waals surface area contributed by atoms with Crippen LogP contribution in [0.5, 0.6) is 0 Å². The Hall–Kier alpha value is -6.34. The summed E-state index contributed by atoms with van der Waals surface area (Å²) in [6.45, 7) is 1.46. The van der Waals surface area contributed by atoms with E-state index in [1.807, 2.05) is 212 Å². The fraction of sp³-hybridized carbons (Fsp3) is 0.302. The molecule has 2 saturated heterocycles. The number of methoxy groups -OCH3 is 1. The van der Waals surface area contributed by atoms with Gasteiger partial charge in [-0.25, -0.2) is 0 Å². The number of aliphatic hydroxyl groups is 1. The highest BCUT2D eigenvalue weighted by Crippen LogP contribution is 2.37. The van der Waals surface area contributed by atoms with Crippen molar-refractivity contribution in [3.05, 3.63) is 251 Å². The first-order valence-corrected chi connectivity index (χ1v) is 25.2. The first kappa shape index (κ1) is 52.5. The minimum absolute atomic E-state index is 0.0132. The Bertz CT molecular complexity index is 2730. The van der Waals surface area contributed by atoms with Gasteiger partial charge in [0, 0.05) is 7.11 Å². The van der Waals surface area contributed by atoms with Crippen LogP contribution >= 0.6 is 0 Å². The fourth-order valence-electron chi connectivity index (χ4n) is 9.09. The summed E-state index contributed by atoms with van der Waals surface area (Å²) >= 11 is 0. The molecule has 2 heterocycles. The molecule has 0 aliphatic carbocycles. The van der Waals surface area contributed by atoms with Crippen LogP contribution < -0.4 is 0 Å². The van der Waals surface area contributed by atoms with E-state index in [1.54, 1.807) is 7.11 Å². The highest BCUT2D eigenvalue weighted by Gasteiger charge is 2.57. The Morgan fingerprint density at radius 2 is 0.743 bits per heavy atom. The second-order valence-electron chi connectivity index (χ2n) is 18.3. The summed E-state index contributed by atoms with van der Waals surface area (Å²) in [5.41, 5.74) is 6.54. The van der Waals surface area contributed by atoms with Crippen molar-refractivity contribution in [2.24, 2.45) is 0 Å². The van der Waals surface area contributed by atoms with Crippen LogP contribution in [0.3, 0.4) is 0 Å². The largest absolute Gasteiger partial charge is 0.374 e. The van der Waals surface area contributed by atoms with Crippen molar-refractivity contribution in [2.75, 3.05) is 13.7 Å². The molecule has 11 nitrogen and oxygen atoms in total. The summed E-state index contributed by atoms with van der Waals surface area (Å²) in [5, 5.41) is 13.4. The molecule has 1 unspecified atom stereocenters. The SMILES string of the molecule is CO[C@@H]1O[C@H](C#CC2(O)O[C@H](COCc3ccccc3)[C@H](OCc3ccccc3)[C@H](OCc3ccccc3)[C@H]2OCc2ccccc2)[C@H](OCc2ccccc2)[C@H](OCc2ccccc2)[C@H]1OCc1ccccc1. The first-order chi connectivity index (χ1) is 36.5. The molecule has 0 spiro atoms. The third-order valence-electron chi connectivity index (χ3n) is 12.9. The van der Waals surface area contributed by atoms with Crippen LogP contribution in [0.25, 0.3) is 0 Å². The van der Waals surface area contributed by atoms with Gasteiger partial charge in [0.25, 0.3) is 5.79 Å². The van der Waals surface area contributed by atoms with Gasteiger partial charge in [0.05, 0.1) is 52.9 Å². The maximum Gasteiger partial charge on any atom is 0.261 e. The molecule has 382 valence electrons. The van der Waals surface area contributed by atoms with Crippen molar-refractivity contribution in [3.63, 3.8) is 0 Å². The molecule has 0 saturated carbocycles. The van der Waals surface area contributed by atoms with Gasteiger partial charge in [-0.2, -0.15) is 0 Å². The van der Waals surface area contributed by atoms with Crippen LogP contribution in [-0.4, -0.2) is 79.7 Å². The smallest absolute Gasteiger partial charge is 0.261 e. The van der Waals surface area contributed by atoms with E-state index in [1.165, 1.54) is 0 Å². The van der Waals surface area contributed by atoms with Gasteiger partial charge in [0.1, 0.15) is 42.7 Å². The van der Waals surface area contributed by atoms with Gasteiger partial charge in [0.15, 0.2) is 12.4 Å². The van der Waals surface area contributed by atoms with Crippen LogP contribution in [0.2, 0.25) is 0 Å². The second kappa shape index (κ2) is 27.3. The van der Waals surface area contributed by atoms with Crippen molar-refractivity contribution in [2.45, 2.75) is 107 Å². The number of ether oxygens (including phenoxy) is 10. The van der Waals surface area contributed by atoms with Crippen LogP contribution in [0, 0.1) is 11.8 Å².